The average molecular weight is 399 g/mol. The van der Waals surface area contributed by atoms with Crippen molar-refractivity contribution in [2.75, 3.05) is 24.5 Å². The van der Waals surface area contributed by atoms with E-state index < -0.39 is 0 Å². The van der Waals surface area contributed by atoms with Crippen molar-refractivity contribution < 1.29 is 0 Å². The molecule has 0 bridgehead atoms. The van der Waals surface area contributed by atoms with Crippen molar-refractivity contribution in [2.24, 2.45) is 0 Å². The predicted molar refractivity (Wildman–Crippen MR) is 119 cm³/mol. The normalized spacial score (nSPS) is 17.9. The summed E-state index contributed by atoms with van der Waals surface area (Å²) in [6.07, 6.45) is 1.11. The van der Waals surface area contributed by atoms with Crippen molar-refractivity contribution in [3.63, 3.8) is 0 Å². The van der Waals surface area contributed by atoms with E-state index in [1.165, 1.54) is 5.56 Å². The molecule has 30 heavy (non-hydrogen) atoms. The molecule has 1 aliphatic heterocycles. The molecule has 2 aromatic heterocycles. The first-order valence-electron chi connectivity index (χ1n) is 10.6. The van der Waals surface area contributed by atoms with Crippen molar-refractivity contribution in [3.8, 4) is 11.4 Å². The van der Waals surface area contributed by atoms with Crippen molar-refractivity contribution >= 4 is 11.5 Å². The smallest absolute Gasteiger partial charge is 0.185 e. The Labute approximate surface area is 176 Å². The molecule has 0 saturated carbocycles. The molecule has 1 unspecified atom stereocenters. The van der Waals surface area contributed by atoms with Crippen LogP contribution in [0.4, 0.5) is 5.82 Å². The van der Waals surface area contributed by atoms with Crippen LogP contribution in [0.2, 0.25) is 0 Å². The molecule has 152 valence electrons. The highest BCUT2D eigenvalue weighted by atomic mass is 15.4. The van der Waals surface area contributed by atoms with Gasteiger partial charge in [-0.05, 0) is 31.0 Å². The minimum atomic E-state index is 0.536. The van der Waals surface area contributed by atoms with E-state index in [2.05, 4.69) is 63.3 Å². The third kappa shape index (κ3) is 3.78. The van der Waals surface area contributed by atoms with Gasteiger partial charge < -0.3 is 4.90 Å². The number of benzene rings is 2. The highest BCUT2D eigenvalue weighted by Gasteiger charge is 2.22. The van der Waals surface area contributed by atoms with Crippen molar-refractivity contribution in [1.82, 2.24) is 24.7 Å². The Kier molecular flexibility index (Phi) is 5.15. The van der Waals surface area contributed by atoms with Crippen molar-refractivity contribution in [2.45, 2.75) is 25.9 Å². The molecule has 5 rings (SSSR count). The zero-order chi connectivity index (χ0) is 20.3. The van der Waals surface area contributed by atoms with Crippen LogP contribution < -0.4 is 4.90 Å². The van der Waals surface area contributed by atoms with Crippen LogP contribution in [-0.4, -0.2) is 50.4 Å². The number of hydrogen-bond donors (Lipinski definition) is 0. The molecule has 1 fully saturated rings. The molecule has 0 radical (unpaired) electrons. The maximum Gasteiger partial charge on any atom is 0.185 e. The second-order valence-corrected chi connectivity index (χ2v) is 7.93. The molecule has 6 heteroatoms. The molecule has 0 spiro atoms. The Hall–Kier alpha value is -3.25. The standard InChI is InChI=1S/C24H26N6/c1-19-14-15-28(16-17-29(19)18-20-8-4-2-5-9-20)23-13-12-22-25-26-24(30(22)27-23)21-10-6-3-7-11-21/h2-13,19H,14-18H2,1H3. The lowest BCUT2D eigenvalue weighted by molar-refractivity contribution is 0.212. The first kappa shape index (κ1) is 18.8. The monoisotopic (exact) mass is 398 g/mol. The van der Waals surface area contributed by atoms with Crippen LogP contribution in [0.5, 0.6) is 0 Å². The molecular weight excluding hydrogens is 372 g/mol. The summed E-state index contributed by atoms with van der Waals surface area (Å²) in [5.74, 6) is 1.76. The molecule has 6 nitrogen and oxygen atoms in total. The topological polar surface area (TPSA) is 49.6 Å². The Balaban J connectivity index is 1.38. The minimum absolute atomic E-state index is 0.536. The molecule has 3 heterocycles. The van der Waals surface area contributed by atoms with Crippen LogP contribution in [0, 0.1) is 0 Å². The predicted octanol–water partition coefficient (Wildman–Crippen LogP) is 3.89. The van der Waals surface area contributed by atoms with Crippen molar-refractivity contribution in [3.05, 3.63) is 78.4 Å². The second-order valence-electron chi connectivity index (χ2n) is 7.93. The fourth-order valence-corrected chi connectivity index (χ4v) is 4.10. The van der Waals surface area contributed by atoms with Gasteiger partial charge in [-0.3, -0.25) is 4.90 Å². The second kappa shape index (κ2) is 8.24. The van der Waals surface area contributed by atoms with Crippen LogP contribution in [0.3, 0.4) is 0 Å². The largest absolute Gasteiger partial charge is 0.354 e. The molecule has 1 aliphatic rings. The maximum absolute atomic E-state index is 4.91. The average Bonchev–Trinajstić information content (AvgIpc) is 3.14. The molecule has 0 aliphatic carbocycles. The van der Waals surface area contributed by atoms with E-state index in [0.29, 0.717) is 6.04 Å². The van der Waals surface area contributed by atoms with Gasteiger partial charge in [-0.2, -0.15) is 4.52 Å². The van der Waals surface area contributed by atoms with E-state index in [9.17, 15) is 0 Å². The van der Waals surface area contributed by atoms with E-state index in [1.807, 2.05) is 40.9 Å². The van der Waals surface area contributed by atoms with E-state index in [-0.39, 0.29) is 0 Å². The summed E-state index contributed by atoms with van der Waals surface area (Å²) in [5, 5.41) is 13.6. The van der Waals surface area contributed by atoms with Crippen LogP contribution in [-0.2, 0) is 6.54 Å². The van der Waals surface area contributed by atoms with Crippen LogP contribution in [0.15, 0.2) is 72.8 Å². The number of nitrogens with zero attached hydrogens (tertiary/aromatic N) is 6. The van der Waals surface area contributed by atoms with Gasteiger partial charge in [-0.25, -0.2) is 0 Å². The van der Waals surface area contributed by atoms with E-state index >= 15 is 0 Å². The van der Waals surface area contributed by atoms with E-state index in [0.717, 1.165) is 55.5 Å². The Morgan fingerprint density at radius 2 is 1.60 bits per heavy atom. The molecule has 1 saturated heterocycles. The summed E-state index contributed by atoms with van der Waals surface area (Å²) in [6.45, 7) is 6.29. The van der Waals surface area contributed by atoms with E-state index in [1.54, 1.807) is 0 Å². The van der Waals surface area contributed by atoms with Gasteiger partial charge in [0.05, 0.1) is 0 Å². The number of rotatable bonds is 4. The molecule has 0 N–H and O–H groups in total. The molecule has 2 aromatic carbocycles. The maximum atomic E-state index is 4.91. The van der Waals surface area contributed by atoms with Gasteiger partial charge in [0.15, 0.2) is 11.5 Å². The lowest BCUT2D eigenvalue weighted by atomic mass is 10.1. The summed E-state index contributed by atoms with van der Waals surface area (Å²) < 4.78 is 1.86. The third-order valence-electron chi connectivity index (χ3n) is 5.93. The van der Waals surface area contributed by atoms with Gasteiger partial charge in [-0.1, -0.05) is 60.7 Å². The fourth-order valence-electron chi connectivity index (χ4n) is 4.10. The van der Waals surface area contributed by atoms with Crippen LogP contribution in [0.1, 0.15) is 18.9 Å². The van der Waals surface area contributed by atoms with Gasteiger partial charge in [0.25, 0.3) is 0 Å². The van der Waals surface area contributed by atoms with Gasteiger partial charge in [0.1, 0.15) is 5.82 Å². The first-order chi connectivity index (χ1) is 14.8. The van der Waals surface area contributed by atoms with Crippen molar-refractivity contribution in [1.29, 1.82) is 0 Å². The fraction of sp³-hybridized carbons (Fsp3) is 0.292. The number of fused-ring (bicyclic) bond motifs is 1. The molecule has 1 atom stereocenters. The zero-order valence-electron chi connectivity index (χ0n) is 17.2. The van der Waals surface area contributed by atoms with Gasteiger partial charge in [0.2, 0.25) is 0 Å². The quantitative estimate of drug-likeness (QED) is 0.522. The summed E-state index contributed by atoms with van der Waals surface area (Å²) in [4.78, 5) is 4.96. The summed E-state index contributed by atoms with van der Waals surface area (Å²) in [7, 11) is 0. The van der Waals surface area contributed by atoms with Gasteiger partial charge in [-0.15, -0.1) is 15.3 Å². The molecule has 4 aromatic rings. The third-order valence-corrected chi connectivity index (χ3v) is 5.93. The molecular formula is C24H26N6. The van der Waals surface area contributed by atoms with Gasteiger partial charge in [0, 0.05) is 37.8 Å². The van der Waals surface area contributed by atoms with Crippen LogP contribution >= 0.6 is 0 Å². The van der Waals surface area contributed by atoms with Crippen LogP contribution in [0.25, 0.3) is 17.0 Å². The summed E-state index contributed by atoms with van der Waals surface area (Å²) in [6, 6.07) is 25.5. The Morgan fingerprint density at radius 1 is 0.833 bits per heavy atom. The Bertz CT molecular complexity index is 1110. The number of hydrogen-bond acceptors (Lipinski definition) is 5. The molecule has 0 amide bonds. The minimum Gasteiger partial charge on any atom is -0.354 e. The Morgan fingerprint density at radius 3 is 2.40 bits per heavy atom. The summed E-state index contributed by atoms with van der Waals surface area (Å²) >= 11 is 0. The zero-order valence-corrected chi connectivity index (χ0v) is 17.2. The highest BCUT2D eigenvalue weighted by molar-refractivity contribution is 5.59. The van der Waals surface area contributed by atoms with Gasteiger partial charge >= 0.3 is 0 Å². The first-order valence-corrected chi connectivity index (χ1v) is 10.6. The van der Waals surface area contributed by atoms with E-state index in [4.69, 9.17) is 5.10 Å². The lowest BCUT2D eigenvalue weighted by Gasteiger charge is -2.26. The SMILES string of the molecule is CC1CCN(c2ccc3nnc(-c4ccccc4)n3n2)CCN1Cc1ccccc1. The lowest BCUT2D eigenvalue weighted by Crippen LogP contribution is -2.34. The number of anilines is 1. The summed E-state index contributed by atoms with van der Waals surface area (Å²) in [5.41, 5.74) is 3.16. The number of aromatic nitrogens is 4. The highest BCUT2D eigenvalue weighted by Crippen LogP contribution is 2.22.